The summed E-state index contributed by atoms with van der Waals surface area (Å²) < 4.78 is 0. The fourth-order valence-electron chi connectivity index (χ4n) is 3.92. The number of rotatable bonds is 6. The minimum absolute atomic E-state index is 0.653. The SMILES string of the molecule is CCNC(C1CCC(C)CC1)C(CC)c1ccccc1. The molecule has 112 valence electrons. The Bertz CT molecular complexity index is 365. The predicted molar refractivity (Wildman–Crippen MR) is 88.1 cm³/mol. The van der Waals surface area contributed by atoms with Crippen molar-refractivity contribution in [3.8, 4) is 0 Å². The van der Waals surface area contributed by atoms with Gasteiger partial charge in [0, 0.05) is 6.04 Å². The number of hydrogen-bond donors (Lipinski definition) is 1. The largest absolute Gasteiger partial charge is 0.313 e. The summed E-state index contributed by atoms with van der Waals surface area (Å²) in [7, 11) is 0. The van der Waals surface area contributed by atoms with Crippen LogP contribution in [0.2, 0.25) is 0 Å². The Morgan fingerprint density at radius 3 is 2.25 bits per heavy atom. The fourth-order valence-corrected chi connectivity index (χ4v) is 3.92. The van der Waals surface area contributed by atoms with E-state index in [4.69, 9.17) is 0 Å². The Morgan fingerprint density at radius 1 is 1.05 bits per heavy atom. The van der Waals surface area contributed by atoms with Gasteiger partial charge >= 0.3 is 0 Å². The maximum Gasteiger partial charge on any atom is 0.0164 e. The summed E-state index contributed by atoms with van der Waals surface area (Å²) >= 11 is 0. The lowest BCUT2D eigenvalue weighted by Crippen LogP contribution is -2.42. The summed E-state index contributed by atoms with van der Waals surface area (Å²) in [5.74, 6) is 2.45. The molecule has 1 aliphatic carbocycles. The normalized spacial score (nSPS) is 26.1. The van der Waals surface area contributed by atoms with Gasteiger partial charge in [-0.1, -0.05) is 63.9 Å². The lowest BCUT2D eigenvalue weighted by Gasteiger charge is -2.38. The average Bonchev–Trinajstić information content (AvgIpc) is 2.49. The molecule has 0 heterocycles. The number of hydrogen-bond acceptors (Lipinski definition) is 1. The van der Waals surface area contributed by atoms with Crippen LogP contribution in [0.4, 0.5) is 0 Å². The van der Waals surface area contributed by atoms with Gasteiger partial charge in [0.15, 0.2) is 0 Å². The molecule has 20 heavy (non-hydrogen) atoms. The second kappa shape index (κ2) is 7.83. The van der Waals surface area contributed by atoms with Crippen LogP contribution in [0.5, 0.6) is 0 Å². The maximum atomic E-state index is 3.82. The van der Waals surface area contributed by atoms with Crippen LogP contribution in [0.15, 0.2) is 30.3 Å². The first kappa shape index (κ1) is 15.6. The molecule has 1 heteroatoms. The molecule has 0 radical (unpaired) electrons. The van der Waals surface area contributed by atoms with E-state index in [1.807, 2.05) is 0 Å². The molecule has 1 aromatic carbocycles. The third-order valence-electron chi connectivity index (χ3n) is 5.11. The van der Waals surface area contributed by atoms with Gasteiger partial charge in [-0.3, -0.25) is 0 Å². The summed E-state index contributed by atoms with van der Waals surface area (Å²) in [4.78, 5) is 0. The summed E-state index contributed by atoms with van der Waals surface area (Å²) in [6, 6.07) is 11.8. The molecule has 0 bridgehead atoms. The zero-order chi connectivity index (χ0) is 14.4. The Hall–Kier alpha value is -0.820. The van der Waals surface area contributed by atoms with Crippen LogP contribution in [0.25, 0.3) is 0 Å². The van der Waals surface area contributed by atoms with Crippen molar-refractivity contribution >= 4 is 0 Å². The van der Waals surface area contributed by atoms with E-state index < -0.39 is 0 Å². The number of nitrogens with one attached hydrogen (secondary N) is 1. The van der Waals surface area contributed by atoms with E-state index in [2.05, 4.69) is 56.4 Å². The molecule has 1 aromatic rings. The second-order valence-electron chi connectivity index (χ2n) is 6.53. The smallest absolute Gasteiger partial charge is 0.0164 e. The van der Waals surface area contributed by atoms with Crippen molar-refractivity contribution in [1.29, 1.82) is 0 Å². The topological polar surface area (TPSA) is 12.0 Å². The van der Waals surface area contributed by atoms with Crippen LogP contribution in [0.3, 0.4) is 0 Å². The zero-order valence-corrected chi connectivity index (χ0v) is 13.4. The van der Waals surface area contributed by atoms with E-state index >= 15 is 0 Å². The first-order valence-corrected chi connectivity index (χ1v) is 8.54. The minimum atomic E-state index is 0.653. The lowest BCUT2D eigenvalue weighted by atomic mass is 9.73. The molecular weight excluding hydrogens is 242 g/mol. The second-order valence-corrected chi connectivity index (χ2v) is 6.53. The standard InChI is InChI=1S/C19H31N/c1-4-18(16-9-7-6-8-10-16)19(20-5-2)17-13-11-15(3)12-14-17/h6-10,15,17-20H,4-5,11-14H2,1-3H3. The van der Waals surface area contributed by atoms with Gasteiger partial charge < -0.3 is 5.32 Å². The van der Waals surface area contributed by atoms with Gasteiger partial charge in [-0.15, -0.1) is 0 Å². The Labute approximate surface area is 125 Å². The van der Waals surface area contributed by atoms with Gasteiger partial charge in [0.1, 0.15) is 0 Å². The molecule has 0 spiro atoms. The van der Waals surface area contributed by atoms with E-state index in [0.717, 1.165) is 18.4 Å². The van der Waals surface area contributed by atoms with Gasteiger partial charge in [-0.05, 0) is 49.1 Å². The quantitative estimate of drug-likeness (QED) is 0.770. The van der Waals surface area contributed by atoms with Crippen molar-refractivity contribution in [3.05, 3.63) is 35.9 Å². The Kier molecular flexibility index (Phi) is 6.09. The summed E-state index contributed by atoms with van der Waals surface area (Å²) in [5, 5.41) is 3.82. The highest BCUT2D eigenvalue weighted by Crippen LogP contribution is 2.36. The minimum Gasteiger partial charge on any atom is -0.313 e. The van der Waals surface area contributed by atoms with E-state index in [1.165, 1.54) is 37.7 Å². The first-order chi connectivity index (χ1) is 9.76. The highest BCUT2D eigenvalue weighted by atomic mass is 14.9. The summed E-state index contributed by atoms with van der Waals surface area (Å²) in [6.07, 6.45) is 6.87. The van der Waals surface area contributed by atoms with E-state index in [-0.39, 0.29) is 0 Å². The number of likely N-dealkylation sites (N-methyl/N-ethyl adjacent to an activating group) is 1. The molecule has 1 N–H and O–H groups in total. The maximum absolute atomic E-state index is 3.82. The Balaban J connectivity index is 2.13. The predicted octanol–water partition coefficient (Wildman–Crippen LogP) is 4.98. The van der Waals surface area contributed by atoms with E-state index in [1.54, 1.807) is 0 Å². The van der Waals surface area contributed by atoms with Gasteiger partial charge in [0.05, 0.1) is 0 Å². The van der Waals surface area contributed by atoms with Crippen molar-refractivity contribution < 1.29 is 0 Å². The molecule has 1 saturated carbocycles. The third kappa shape index (κ3) is 3.85. The fraction of sp³-hybridized carbons (Fsp3) is 0.684. The highest BCUT2D eigenvalue weighted by Gasteiger charge is 2.31. The van der Waals surface area contributed by atoms with Crippen molar-refractivity contribution in [3.63, 3.8) is 0 Å². The molecular formula is C19H31N. The molecule has 0 aliphatic heterocycles. The Morgan fingerprint density at radius 2 is 1.70 bits per heavy atom. The summed E-state index contributed by atoms with van der Waals surface area (Å²) in [5.41, 5.74) is 1.51. The molecule has 2 atom stereocenters. The van der Waals surface area contributed by atoms with Crippen LogP contribution in [0, 0.1) is 11.8 Å². The van der Waals surface area contributed by atoms with Crippen LogP contribution in [0.1, 0.15) is 64.4 Å². The van der Waals surface area contributed by atoms with E-state index in [0.29, 0.717) is 12.0 Å². The van der Waals surface area contributed by atoms with Crippen LogP contribution in [-0.4, -0.2) is 12.6 Å². The van der Waals surface area contributed by atoms with Gasteiger partial charge in [-0.25, -0.2) is 0 Å². The molecule has 0 amide bonds. The molecule has 2 unspecified atom stereocenters. The van der Waals surface area contributed by atoms with Crippen molar-refractivity contribution in [1.82, 2.24) is 5.32 Å². The van der Waals surface area contributed by atoms with Crippen molar-refractivity contribution in [2.24, 2.45) is 11.8 Å². The first-order valence-electron chi connectivity index (χ1n) is 8.54. The molecule has 1 fully saturated rings. The van der Waals surface area contributed by atoms with E-state index in [9.17, 15) is 0 Å². The summed E-state index contributed by atoms with van der Waals surface area (Å²) in [6.45, 7) is 8.08. The van der Waals surface area contributed by atoms with Crippen LogP contribution < -0.4 is 5.32 Å². The lowest BCUT2D eigenvalue weighted by molar-refractivity contribution is 0.208. The molecule has 1 aliphatic rings. The molecule has 2 rings (SSSR count). The van der Waals surface area contributed by atoms with Crippen LogP contribution >= 0.6 is 0 Å². The monoisotopic (exact) mass is 273 g/mol. The van der Waals surface area contributed by atoms with Gasteiger partial charge in [-0.2, -0.15) is 0 Å². The molecule has 0 aromatic heterocycles. The van der Waals surface area contributed by atoms with Crippen LogP contribution in [-0.2, 0) is 0 Å². The van der Waals surface area contributed by atoms with Gasteiger partial charge in [0.25, 0.3) is 0 Å². The highest BCUT2D eigenvalue weighted by molar-refractivity contribution is 5.21. The third-order valence-corrected chi connectivity index (χ3v) is 5.11. The number of benzene rings is 1. The molecule has 0 saturated heterocycles. The zero-order valence-electron chi connectivity index (χ0n) is 13.4. The van der Waals surface area contributed by atoms with Crippen molar-refractivity contribution in [2.45, 2.75) is 64.8 Å². The van der Waals surface area contributed by atoms with Crippen molar-refractivity contribution in [2.75, 3.05) is 6.54 Å². The molecule has 1 nitrogen and oxygen atoms in total. The van der Waals surface area contributed by atoms with Gasteiger partial charge in [0.2, 0.25) is 0 Å². The average molecular weight is 273 g/mol.